The second-order valence-corrected chi connectivity index (χ2v) is 6.20. The van der Waals surface area contributed by atoms with E-state index >= 15 is 0 Å². The van der Waals surface area contributed by atoms with Crippen LogP contribution in [0.3, 0.4) is 0 Å². The molecule has 1 aliphatic heterocycles. The number of aromatic nitrogens is 2. The van der Waals surface area contributed by atoms with Crippen molar-refractivity contribution in [2.45, 2.75) is 19.8 Å². The van der Waals surface area contributed by atoms with Gasteiger partial charge in [-0.2, -0.15) is 5.10 Å². The fraction of sp³-hybridized carbons (Fsp3) is 0.316. The highest BCUT2D eigenvalue weighted by Gasteiger charge is 2.26. The summed E-state index contributed by atoms with van der Waals surface area (Å²) in [6.45, 7) is 4.10. The predicted octanol–water partition coefficient (Wildman–Crippen LogP) is 2.91. The molecule has 0 saturated heterocycles. The minimum atomic E-state index is -0.492. The second-order valence-electron chi connectivity index (χ2n) is 6.20. The normalized spacial score (nSPS) is 15.4. The number of hydrogen-bond donors (Lipinski definition) is 0. The lowest BCUT2D eigenvalue weighted by Gasteiger charge is -2.08. The molecule has 136 valence electrons. The lowest BCUT2D eigenvalue weighted by atomic mass is 10.1. The Labute approximate surface area is 151 Å². The Bertz CT molecular complexity index is 910. The summed E-state index contributed by atoms with van der Waals surface area (Å²) in [5.74, 6) is 1.10. The van der Waals surface area contributed by atoms with E-state index in [1.54, 1.807) is 43.2 Å². The van der Waals surface area contributed by atoms with Crippen molar-refractivity contribution in [2.75, 3.05) is 14.2 Å². The molecule has 0 N–H and O–H groups in total. The van der Waals surface area contributed by atoms with Gasteiger partial charge in [0.05, 0.1) is 19.9 Å². The SMILES string of the molecule is COc1ccc(C2=N/C(=C/c3cn(C)nc3C(C)C)C(=O)O2)cc1OC. The van der Waals surface area contributed by atoms with Crippen molar-refractivity contribution in [2.24, 2.45) is 12.0 Å². The summed E-state index contributed by atoms with van der Waals surface area (Å²) >= 11 is 0. The summed E-state index contributed by atoms with van der Waals surface area (Å²) < 4.78 is 17.6. The van der Waals surface area contributed by atoms with Crippen LogP contribution in [0.2, 0.25) is 0 Å². The van der Waals surface area contributed by atoms with Crippen LogP contribution in [-0.4, -0.2) is 35.9 Å². The Kier molecular flexibility index (Phi) is 4.79. The Morgan fingerprint density at radius 2 is 1.92 bits per heavy atom. The van der Waals surface area contributed by atoms with Crippen molar-refractivity contribution in [1.29, 1.82) is 0 Å². The third-order valence-electron chi connectivity index (χ3n) is 3.98. The average Bonchev–Trinajstić information content (AvgIpc) is 3.17. The zero-order valence-electron chi connectivity index (χ0n) is 15.4. The van der Waals surface area contributed by atoms with Gasteiger partial charge in [0.2, 0.25) is 5.90 Å². The molecule has 1 aromatic carbocycles. The van der Waals surface area contributed by atoms with Gasteiger partial charge in [-0.3, -0.25) is 4.68 Å². The lowest BCUT2D eigenvalue weighted by Crippen LogP contribution is -2.06. The molecule has 26 heavy (non-hydrogen) atoms. The zero-order chi connectivity index (χ0) is 18.8. The van der Waals surface area contributed by atoms with E-state index in [4.69, 9.17) is 14.2 Å². The second kappa shape index (κ2) is 7.03. The summed E-state index contributed by atoms with van der Waals surface area (Å²) in [5.41, 5.74) is 2.63. The molecular formula is C19H21N3O4. The maximum Gasteiger partial charge on any atom is 0.363 e. The molecule has 0 spiro atoms. The number of ether oxygens (including phenoxy) is 3. The number of aliphatic imine (C=N–C) groups is 1. The van der Waals surface area contributed by atoms with Crippen molar-refractivity contribution in [3.8, 4) is 11.5 Å². The highest BCUT2D eigenvalue weighted by molar-refractivity contribution is 6.13. The number of esters is 1. The highest BCUT2D eigenvalue weighted by atomic mass is 16.6. The molecule has 2 heterocycles. The van der Waals surface area contributed by atoms with Gasteiger partial charge in [-0.15, -0.1) is 0 Å². The number of carbonyl (C=O) groups excluding carboxylic acids is 1. The first-order valence-electron chi connectivity index (χ1n) is 8.21. The summed E-state index contributed by atoms with van der Waals surface area (Å²) in [4.78, 5) is 16.6. The number of aryl methyl sites for hydroxylation is 1. The van der Waals surface area contributed by atoms with Crippen LogP contribution in [0.5, 0.6) is 11.5 Å². The molecule has 0 amide bonds. The first kappa shape index (κ1) is 17.7. The molecule has 0 atom stereocenters. The zero-order valence-corrected chi connectivity index (χ0v) is 15.4. The number of hydrogen-bond acceptors (Lipinski definition) is 6. The standard InChI is InChI=1S/C19H21N3O4/c1-11(2)17-13(10-22(3)21-17)8-14-19(23)26-18(20-14)12-6-7-15(24-4)16(9-12)25-5/h6-11H,1-5H3/b14-8+. The van der Waals surface area contributed by atoms with Gasteiger partial charge in [-0.1, -0.05) is 13.8 Å². The van der Waals surface area contributed by atoms with Crippen molar-refractivity contribution in [3.05, 3.63) is 46.9 Å². The van der Waals surface area contributed by atoms with E-state index in [1.807, 2.05) is 13.2 Å². The van der Waals surface area contributed by atoms with E-state index in [9.17, 15) is 4.79 Å². The van der Waals surface area contributed by atoms with Crippen LogP contribution in [0.1, 0.15) is 36.6 Å². The largest absolute Gasteiger partial charge is 0.493 e. The van der Waals surface area contributed by atoms with Gasteiger partial charge in [0.15, 0.2) is 17.2 Å². The molecule has 0 aliphatic carbocycles. The summed E-state index contributed by atoms with van der Waals surface area (Å²) in [7, 11) is 4.95. The molecule has 7 nitrogen and oxygen atoms in total. The monoisotopic (exact) mass is 355 g/mol. The Morgan fingerprint density at radius 3 is 2.58 bits per heavy atom. The molecule has 1 aromatic heterocycles. The number of rotatable bonds is 5. The van der Waals surface area contributed by atoms with Crippen LogP contribution >= 0.6 is 0 Å². The number of carbonyl (C=O) groups is 1. The van der Waals surface area contributed by atoms with Crippen LogP contribution in [0.4, 0.5) is 0 Å². The first-order chi connectivity index (χ1) is 12.4. The van der Waals surface area contributed by atoms with Gasteiger partial charge in [-0.25, -0.2) is 9.79 Å². The third-order valence-corrected chi connectivity index (χ3v) is 3.98. The van der Waals surface area contributed by atoms with E-state index in [0.717, 1.165) is 11.3 Å². The minimum Gasteiger partial charge on any atom is -0.493 e. The topological polar surface area (TPSA) is 74.9 Å². The predicted molar refractivity (Wildman–Crippen MR) is 97.4 cm³/mol. The minimum absolute atomic E-state index is 0.231. The van der Waals surface area contributed by atoms with Crippen molar-refractivity contribution in [3.63, 3.8) is 0 Å². The van der Waals surface area contributed by atoms with Gasteiger partial charge < -0.3 is 14.2 Å². The maximum absolute atomic E-state index is 12.2. The fourth-order valence-corrected chi connectivity index (χ4v) is 2.73. The van der Waals surface area contributed by atoms with Gasteiger partial charge in [0.25, 0.3) is 0 Å². The lowest BCUT2D eigenvalue weighted by molar-refractivity contribution is -0.129. The van der Waals surface area contributed by atoms with Crippen LogP contribution in [0.25, 0.3) is 6.08 Å². The van der Waals surface area contributed by atoms with E-state index in [0.29, 0.717) is 17.1 Å². The molecule has 0 unspecified atom stereocenters. The number of cyclic esters (lactones) is 1. The summed E-state index contributed by atoms with van der Waals surface area (Å²) in [6.07, 6.45) is 3.57. The molecule has 1 aliphatic rings. The molecule has 2 aromatic rings. The molecule has 7 heteroatoms. The van der Waals surface area contributed by atoms with Crippen LogP contribution in [0, 0.1) is 0 Å². The van der Waals surface area contributed by atoms with E-state index in [-0.39, 0.29) is 17.5 Å². The summed E-state index contributed by atoms with van der Waals surface area (Å²) in [6, 6.07) is 5.22. The van der Waals surface area contributed by atoms with Gasteiger partial charge in [0.1, 0.15) is 0 Å². The van der Waals surface area contributed by atoms with Gasteiger partial charge >= 0.3 is 5.97 Å². The molecule has 0 fully saturated rings. The van der Waals surface area contributed by atoms with E-state index < -0.39 is 5.97 Å². The smallest absolute Gasteiger partial charge is 0.363 e. The molecular weight excluding hydrogens is 334 g/mol. The third kappa shape index (κ3) is 3.33. The molecule has 0 radical (unpaired) electrons. The Hall–Kier alpha value is -3.09. The Morgan fingerprint density at radius 1 is 1.19 bits per heavy atom. The number of benzene rings is 1. The summed E-state index contributed by atoms with van der Waals surface area (Å²) in [5, 5.41) is 4.44. The van der Waals surface area contributed by atoms with Crippen molar-refractivity contribution >= 4 is 17.9 Å². The quantitative estimate of drug-likeness (QED) is 0.609. The maximum atomic E-state index is 12.2. The molecule has 0 saturated carbocycles. The van der Waals surface area contributed by atoms with E-state index in [1.165, 1.54) is 0 Å². The van der Waals surface area contributed by atoms with Gasteiger partial charge in [0, 0.05) is 24.4 Å². The number of nitrogens with zero attached hydrogens (tertiary/aromatic N) is 3. The van der Waals surface area contributed by atoms with Crippen molar-refractivity contribution < 1.29 is 19.0 Å². The van der Waals surface area contributed by atoms with Crippen molar-refractivity contribution in [1.82, 2.24) is 9.78 Å². The Balaban J connectivity index is 1.97. The van der Waals surface area contributed by atoms with Crippen LogP contribution in [-0.2, 0) is 16.6 Å². The molecule has 0 bridgehead atoms. The van der Waals surface area contributed by atoms with Gasteiger partial charge in [-0.05, 0) is 30.2 Å². The van der Waals surface area contributed by atoms with E-state index in [2.05, 4.69) is 23.9 Å². The molecule has 3 rings (SSSR count). The van der Waals surface area contributed by atoms with Crippen LogP contribution in [0.15, 0.2) is 35.1 Å². The van der Waals surface area contributed by atoms with Crippen LogP contribution < -0.4 is 9.47 Å². The first-order valence-corrected chi connectivity index (χ1v) is 8.21. The number of methoxy groups -OCH3 is 2. The fourth-order valence-electron chi connectivity index (χ4n) is 2.73. The highest BCUT2D eigenvalue weighted by Crippen LogP contribution is 2.30. The average molecular weight is 355 g/mol.